The molecule has 0 amide bonds. The van der Waals surface area contributed by atoms with Gasteiger partial charge in [0.25, 0.3) is 0 Å². The summed E-state index contributed by atoms with van der Waals surface area (Å²) < 4.78 is 1.63. The molecular formula is C12H20N4O3. The van der Waals surface area contributed by atoms with Gasteiger partial charge in [-0.2, -0.15) is 5.10 Å². The predicted molar refractivity (Wildman–Crippen MR) is 71.3 cm³/mol. The first-order chi connectivity index (χ1) is 8.80. The number of rotatable bonds is 4. The quantitative estimate of drug-likeness (QED) is 0.657. The monoisotopic (exact) mass is 268 g/mol. The molecule has 0 saturated carbocycles. The van der Waals surface area contributed by atoms with Crippen molar-refractivity contribution in [1.29, 1.82) is 0 Å². The smallest absolute Gasteiger partial charge is 0.333 e. The molecule has 0 unspecified atom stereocenters. The SMILES string of the molecule is CCn1nc(C)c([N+](=O)[O-])c1N1CC(O)(C(C)C)C1. The molecule has 1 aliphatic heterocycles. The number of hydrogen-bond donors (Lipinski definition) is 1. The molecule has 1 saturated heterocycles. The third kappa shape index (κ3) is 2.07. The summed E-state index contributed by atoms with van der Waals surface area (Å²) in [6, 6.07) is 0. The molecule has 0 atom stereocenters. The Morgan fingerprint density at radius 2 is 2.11 bits per heavy atom. The lowest BCUT2D eigenvalue weighted by molar-refractivity contribution is -0.384. The number of aromatic nitrogens is 2. The maximum atomic E-state index is 11.2. The van der Waals surface area contributed by atoms with Gasteiger partial charge in [0.05, 0.1) is 18.0 Å². The highest BCUT2D eigenvalue weighted by Crippen LogP contribution is 2.39. The van der Waals surface area contributed by atoms with Crippen molar-refractivity contribution in [2.45, 2.75) is 39.8 Å². The maximum Gasteiger partial charge on any atom is 0.333 e. The average Bonchev–Trinajstić information content (AvgIpc) is 2.61. The molecular weight excluding hydrogens is 248 g/mol. The first-order valence-corrected chi connectivity index (χ1v) is 6.49. The minimum Gasteiger partial charge on any atom is -0.386 e. The van der Waals surface area contributed by atoms with E-state index in [0.29, 0.717) is 31.1 Å². The standard InChI is InChI=1S/C12H20N4O3/c1-5-15-11(10(16(18)19)9(4)13-15)14-6-12(17,7-14)8(2)3/h8,17H,5-7H2,1-4H3. The summed E-state index contributed by atoms with van der Waals surface area (Å²) in [6.45, 7) is 8.84. The van der Waals surface area contributed by atoms with Crippen molar-refractivity contribution >= 4 is 11.5 Å². The molecule has 0 radical (unpaired) electrons. The van der Waals surface area contributed by atoms with E-state index in [1.807, 2.05) is 25.7 Å². The Morgan fingerprint density at radius 3 is 2.53 bits per heavy atom. The molecule has 0 spiro atoms. The van der Waals surface area contributed by atoms with Gasteiger partial charge in [-0.05, 0) is 19.8 Å². The van der Waals surface area contributed by atoms with Crippen LogP contribution in [0.2, 0.25) is 0 Å². The van der Waals surface area contributed by atoms with Crippen LogP contribution in [0.5, 0.6) is 0 Å². The Bertz CT molecular complexity index is 503. The van der Waals surface area contributed by atoms with E-state index in [1.165, 1.54) is 0 Å². The Labute approximate surface area is 112 Å². The number of nitrogens with zero attached hydrogens (tertiary/aromatic N) is 4. The molecule has 1 aromatic rings. The van der Waals surface area contributed by atoms with Gasteiger partial charge in [0.15, 0.2) is 0 Å². The Kier molecular flexibility index (Phi) is 3.25. The van der Waals surface area contributed by atoms with Crippen LogP contribution in [-0.4, -0.2) is 38.5 Å². The molecule has 2 heterocycles. The molecule has 2 rings (SSSR count). The van der Waals surface area contributed by atoms with Gasteiger partial charge in [-0.1, -0.05) is 13.8 Å². The van der Waals surface area contributed by atoms with Gasteiger partial charge in [-0.25, -0.2) is 4.68 Å². The number of aliphatic hydroxyl groups is 1. The maximum absolute atomic E-state index is 11.2. The van der Waals surface area contributed by atoms with Gasteiger partial charge >= 0.3 is 5.69 Å². The van der Waals surface area contributed by atoms with Crippen molar-refractivity contribution in [3.8, 4) is 0 Å². The van der Waals surface area contributed by atoms with Crippen molar-refractivity contribution in [3.05, 3.63) is 15.8 Å². The molecule has 19 heavy (non-hydrogen) atoms. The number of nitro groups is 1. The fourth-order valence-corrected chi connectivity index (χ4v) is 2.44. The minimum absolute atomic E-state index is 0.0488. The molecule has 1 fully saturated rings. The van der Waals surface area contributed by atoms with E-state index in [2.05, 4.69) is 5.10 Å². The third-order valence-electron chi connectivity index (χ3n) is 3.86. The van der Waals surface area contributed by atoms with Gasteiger partial charge < -0.3 is 10.0 Å². The number of hydrogen-bond acceptors (Lipinski definition) is 5. The largest absolute Gasteiger partial charge is 0.386 e. The van der Waals surface area contributed by atoms with Gasteiger partial charge in [-0.15, -0.1) is 0 Å². The molecule has 0 bridgehead atoms. The van der Waals surface area contributed by atoms with Crippen LogP contribution in [-0.2, 0) is 6.54 Å². The molecule has 1 aliphatic rings. The van der Waals surface area contributed by atoms with Crippen LogP contribution < -0.4 is 4.90 Å². The van der Waals surface area contributed by atoms with Crippen molar-refractivity contribution in [1.82, 2.24) is 9.78 Å². The Balaban J connectivity index is 2.34. The first-order valence-electron chi connectivity index (χ1n) is 6.49. The summed E-state index contributed by atoms with van der Waals surface area (Å²) in [4.78, 5) is 12.6. The second-order valence-electron chi connectivity index (χ2n) is 5.44. The zero-order chi connectivity index (χ0) is 14.4. The van der Waals surface area contributed by atoms with E-state index in [0.717, 1.165) is 0 Å². The fourth-order valence-electron chi connectivity index (χ4n) is 2.44. The lowest BCUT2D eigenvalue weighted by atomic mass is 9.83. The van der Waals surface area contributed by atoms with Crippen molar-refractivity contribution in [3.63, 3.8) is 0 Å². The zero-order valence-corrected chi connectivity index (χ0v) is 11.8. The summed E-state index contributed by atoms with van der Waals surface area (Å²) in [6.07, 6.45) is 0. The second-order valence-corrected chi connectivity index (χ2v) is 5.44. The van der Waals surface area contributed by atoms with Crippen LogP contribution in [0.15, 0.2) is 0 Å². The highest BCUT2D eigenvalue weighted by molar-refractivity contribution is 5.63. The van der Waals surface area contributed by atoms with E-state index in [4.69, 9.17) is 0 Å². The predicted octanol–water partition coefficient (Wildman–Crippen LogP) is 1.33. The second kappa shape index (κ2) is 4.48. The third-order valence-corrected chi connectivity index (χ3v) is 3.86. The van der Waals surface area contributed by atoms with E-state index < -0.39 is 10.5 Å². The molecule has 1 aromatic heterocycles. The number of β-amino-alcohol motifs (C(OH)–C–C–N with tert-alkyl or cyclic N) is 1. The van der Waals surface area contributed by atoms with Gasteiger partial charge in [0, 0.05) is 6.54 Å². The summed E-state index contributed by atoms with van der Waals surface area (Å²) >= 11 is 0. The lowest BCUT2D eigenvalue weighted by Gasteiger charge is -2.49. The molecule has 0 aromatic carbocycles. The van der Waals surface area contributed by atoms with Gasteiger partial charge in [0.1, 0.15) is 11.3 Å². The van der Waals surface area contributed by atoms with Crippen molar-refractivity contribution in [2.75, 3.05) is 18.0 Å². The van der Waals surface area contributed by atoms with Crippen LogP contribution in [0.25, 0.3) is 0 Å². The van der Waals surface area contributed by atoms with Gasteiger partial charge in [0.2, 0.25) is 5.82 Å². The fraction of sp³-hybridized carbons (Fsp3) is 0.750. The van der Waals surface area contributed by atoms with Crippen LogP contribution >= 0.6 is 0 Å². The first kappa shape index (κ1) is 13.8. The normalized spacial score (nSPS) is 17.7. The summed E-state index contributed by atoms with van der Waals surface area (Å²) in [5, 5.41) is 25.6. The molecule has 106 valence electrons. The van der Waals surface area contributed by atoms with Crippen LogP contribution in [0.3, 0.4) is 0 Å². The number of aryl methyl sites for hydroxylation is 2. The van der Waals surface area contributed by atoms with E-state index in [1.54, 1.807) is 11.6 Å². The molecule has 1 N–H and O–H groups in total. The lowest BCUT2D eigenvalue weighted by Crippen LogP contribution is -2.65. The Morgan fingerprint density at radius 1 is 1.53 bits per heavy atom. The van der Waals surface area contributed by atoms with Crippen LogP contribution in [0.4, 0.5) is 11.5 Å². The minimum atomic E-state index is -0.759. The highest BCUT2D eigenvalue weighted by atomic mass is 16.6. The van der Waals surface area contributed by atoms with Gasteiger partial charge in [-0.3, -0.25) is 10.1 Å². The average molecular weight is 268 g/mol. The number of anilines is 1. The Hall–Kier alpha value is -1.63. The van der Waals surface area contributed by atoms with Crippen LogP contribution in [0, 0.1) is 23.0 Å². The summed E-state index contributed by atoms with van der Waals surface area (Å²) in [7, 11) is 0. The zero-order valence-electron chi connectivity index (χ0n) is 11.8. The molecule has 7 heteroatoms. The van der Waals surface area contributed by atoms with E-state index >= 15 is 0 Å². The molecule has 0 aliphatic carbocycles. The topological polar surface area (TPSA) is 84.4 Å². The van der Waals surface area contributed by atoms with Crippen molar-refractivity contribution < 1.29 is 10.0 Å². The van der Waals surface area contributed by atoms with E-state index in [9.17, 15) is 15.2 Å². The summed E-state index contributed by atoms with van der Waals surface area (Å²) in [5.41, 5.74) is -0.292. The van der Waals surface area contributed by atoms with E-state index in [-0.39, 0.29) is 11.6 Å². The summed E-state index contributed by atoms with van der Waals surface area (Å²) in [5.74, 6) is 0.636. The van der Waals surface area contributed by atoms with Crippen LogP contribution in [0.1, 0.15) is 26.5 Å². The highest BCUT2D eigenvalue weighted by Gasteiger charge is 2.47. The molecule has 7 nitrogen and oxygen atoms in total. The van der Waals surface area contributed by atoms with Crippen molar-refractivity contribution in [2.24, 2.45) is 5.92 Å².